The van der Waals surface area contributed by atoms with E-state index in [4.69, 9.17) is 10.6 Å². The number of carboxylic acid groups (broad SMARTS) is 1. The minimum Gasteiger partial charge on any atom is -0.477 e. The molecule has 4 aliphatic heterocycles. The van der Waals surface area contributed by atoms with Crippen molar-refractivity contribution in [3.05, 3.63) is 34.5 Å². The summed E-state index contributed by atoms with van der Waals surface area (Å²) in [5, 5.41) is 25.2. The van der Waals surface area contributed by atoms with Crippen LogP contribution in [0.1, 0.15) is 5.69 Å². The Kier molecular flexibility index (Phi) is 5.81. The fourth-order valence-electron chi connectivity index (χ4n) is 4.12. The molecule has 5 heterocycles. The number of β-lactam (4-membered cyclic amide) rings is 1. The first-order valence-corrected chi connectivity index (χ1v) is 12.2. The number of thioether (sulfide) groups is 1. The lowest BCUT2D eigenvalue weighted by molar-refractivity contribution is -0.772. The Hall–Kier alpha value is -4.09. The van der Waals surface area contributed by atoms with Crippen LogP contribution in [0.3, 0.4) is 0 Å². The number of aromatic nitrogens is 1. The molecule has 1 saturated heterocycles. The lowest BCUT2D eigenvalue weighted by atomic mass is 10.0. The van der Waals surface area contributed by atoms with E-state index in [0.29, 0.717) is 11.4 Å². The number of rotatable bonds is 7. The van der Waals surface area contributed by atoms with E-state index in [1.807, 2.05) is 0 Å². The first-order chi connectivity index (χ1) is 17.2. The van der Waals surface area contributed by atoms with Gasteiger partial charge in [-0.2, -0.15) is 5.43 Å². The van der Waals surface area contributed by atoms with Crippen LogP contribution >= 0.6 is 23.1 Å². The third-order valence-corrected chi connectivity index (χ3v) is 7.66. The highest BCUT2D eigenvalue weighted by Crippen LogP contribution is 2.41. The number of aliphatic carboxylic acids is 1. The highest BCUT2D eigenvalue weighted by molar-refractivity contribution is 8.00. The summed E-state index contributed by atoms with van der Waals surface area (Å²) in [5.41, 5.74) is 8.57. The maximum atomic E-state index is 13.0. The predicted octanol–water partition coefficient (Wildman–Crippen LogP) is -1.41. The van der Waals surface area contributed by atoms with Crippen molar-refractivity contribution in [2.75, 3.05) is 25.1 Å². The topological polar surface area (TPSA) is 201 Å². The maximum Gasteiger partial charge on any atom is 0.352 e. The van der Waals surface area contributed by atoms with Gasteiger partial charge in [0.15, 0.2) is 10.8 Å². The smallest absolute Gasteiger partial charge is 0.352 e. The Morgan fingerprint density at radius 2 is 2.22 bits per heavy atom. The number of nitrogens with two attached hydrogens (primary N) is 1. The Bertz CT molecular complexity index is 1350. The summed E-state index contributed by atoms with van der Waals surface area (Å²) in [4.78, 5) is 60.0. The third-order valence-electron chi connectivity index (χ3n) is 5.65. The van der Waals surface area contributed by atoms with Gasteiger partial charge in [0.25, 0.3) is 23.6 Å². The summed E-state index contributed by atoms with van der Waals surface area (Å²) in [6.07, 6.45) is 4.19. The number of nitrogens with zero attached hydrogens (tertiary/aromatic N) is 6. The van der Waals surface area contributed by atoms with Crippen LogP contribution in [0.15, 0.2) is 44.2 Å². The highest BCUT2D eigenvalue weighted by Gasteiger charge is 2.56. The van der Waals surface area contributed by atoms with E-state index in [-0.39, 0.29) is 45.0 Å². The normalized spacial score (nSPS) is 26.6. The van der Waals surface area contributed by atoms with Crippen LogP contribution in [0.4, 0.5) is 5.13 Å². The standard InChI is InChI=1S/C19H17N9O6S2/c1-34-26-12(9-6-36-19(20)22-9)15(30)23-13-16(31)27-14(18(32)33)8(5-35-17(13)27)4-28-7-21-24-10(28)2-3-11(29)25-28/h2-3,6-7,13,17H,4-5H2,1H3,(H4-,20,22,23,25,29,30,32,33)/p+1/b26-12-/t13-,17?,28?/m1/s1. The van der Waals surface area contributed by atoms with Crippen molar-refractivity contribution < 1.29 is 33.7 Å². The van der Waals surface area contributed by atoms with Crippen LogP contribution in [-0.2, 0) is 24.0 Å². The van der Waals surface area contributed by atoms with E-state index in [0.717, 1.165) is 16.2 Å². The van der Waals surface area contributed by atoms with Gasteiger partial charge in [0.05, 0.1) is 0 Å². The number of amidine groups is 1. The Morgan fingerprint density at radius 1 is 1.42 bits per heavy atom. The van der Waals surface area contributed by atoms with E-state index in [1.165, 1.54) is 42.7 Å². The van der Waals surface area contributed by atoms with Crippen molar-refractivity contribution >= 4 is 69.8 Å². The zero-order valence-corrected chi connectivity index (χ0v) is 20.1. The predicted molar refractivity (Wildman–Crippen MR) is 128 cm³/mol. The lowest BCUT2D eigenvalue weighted by Gasteiger charge is -2.49. The number of oxime groups is 1. The highest BCUT2D eigenvalue weighted by atomic mass is 32.2. The molecule has 5 rings (SSSR count). The summed E-state index contributed by atoms with van der Waals surface area (Å²) in [7, 11) is 1.26. The van der Waals surface area contributed by atoms with E-state index < -0.39 is 29.2 Å². The summed E-state index contributed by atoms with van der Waals surface area (Å²) in [6, 6.07) is -0.994. The molecule has 1 aromatic heterocycles. The van der Waals surface area contributed by atoms with E-state index in [9.17, 15) is 24.3 Å². The quantitative estimate of drug-likeness (QED) is 0.141. The molecule has 3 amide bonds. The molecule has 3 atom stereocenters. The molecule has 0 bridgehead atoms. The van der Waals surface area contributed by atoms with Crippen LogP contribution in [0.2, 0.25) is 0 Å². The fraction of sp³-hybridized carbons (Fsp3) is 0.263. The molecule has 15 nitrogen and oxygen atoms in total. The monoisotopic (exact) mass is 532 g/mol. The first kappa shape index (κ1) is 23.6. The van der Waals surface area contributed by atoms with Gasteiger partial charge in [-0.1, -0.05) is 15.4 Å². The molecule has 1 fully saturated rings. The van der Waals surface area contributed by atoms with Gasteiger partial charge < -0.3 is 21.0 Å². The molecule has 36 heavy (non-hydrogen) atoms. The van der Waals surface area contributed by atoms with Crippen LogP contribution in [0.25, 0.3) is 0 Å². The molecule has 2 unspecified atom stereocenters. The number of amides is 3. The molecule has 17 heteroatoms. The molecule has 4 aliphatic rings. The molecule has 5 N–H and O–H groups in total. The maximum absolute atomic E-state index is 13.0. The molecule has 0 radical (unpaired) electrons. The molecular formula is C19H18N9O6S2+. The molecular weight excluding hydrogens is 514 g/mol. The summed E-state index contributed by atoms with van der Waals surface area (Å²) < 4.78 is -0.289. The number of hydrogen-bond donors (Lipinski definition) is 4. The summed E-state index contributed by atoms with van der Waals surface area (Å²) >= 11 is 2.39. The van der Waals surface area contributed by atoms with E-state index in [2.05, 4.69) is 31.1 Å². The molecule has 186 valence electrons. The van der Waals surface area contributed by atoms with Gasteiger partial charge in [-0.15, -0.1) is 27.7 Å². The van der Waals surface area contributed by atoms with Crippen molar-refractivity contribution in [3.8, 4) is 0 Å². The number of carboxylic acids is 1. The summed E-state index contributed by atoms with van der Waals surface area (Å²) in [6.45, 7) is 0.0104. The van der Waals surface area contributed by atoms with Crippen LogP contribution in [0, 0.1) is 0 Å². The average molecular weight is 533 g/mol. The van der Waals surface area contributed by atoms with Gasteiger partial charge in [-0.25, -0.2) is 9.78 Å². The Balaban J connectivity index is 1.37. The van der Waals surface area contributed by atoms with Crippen molar-refractivity contribution in [2.24, 2.45) is 15.4 Å². The average Bonchev–Trinajstić information content (AvgIpc) is 3.45. The van der Waals surface area contributed by atoms with Crippen molar-refractivity contribution in [1.82, 2.24) is 20.6 Å². The van der Waals surface area contributed by atoms with Crippen molar-refractivity contribution in [3.63, 3.8) is 0 Å². The van der Waals surface area contributed by atoms with Crippen LogP contribution in [0.5, 0.6) is 0 Å². The lowest BCUT2D eigenvalue weighted by Crippen LogP contribution is -2.71. The van der Waals surface area contributed by atoms with E-state index in [1.54, 1.807) is 0 Å². The number of nitrogens with one attached hydrogen (secondary N) is 2. The Labute approximate surface area is 210 Å². The van der Waals surface area contributed by atoms with E-state index >= 15 is 0 Å². The molecule has 0 saturated carbocycles. The van der Waals surface area contributed by atoms with Gasteiger partial charge in [-0.05, 0) is 0 Å². The van der Waals surface area contributed by atoms with Crippen LogP contribution < -0.4 is 16.5 Å². The SMILES string of the molecule is CO/N=C(\C(=O)N[C@@H]1C(=O)N2C(C(=O)O)=C(C[N+]34C=NN=C3C=CC(=O)N4)CSC12)c1csc(N)n1. The number of hydrogen-bond acceptors (Lipinski definition) is 12. The van der Waals surface area contributed by atoms with Gasteiger partial charge >= 0.3 is 5.97 Å². The minimum atomic E-state index is -1.31. The van der Waals surface area contributed by atoms with Crippen molar-refractivity contribution in [2.45, 2.75) is 11.4 Å². The minimum absolute atomic E-state index is 0.0104. The second kappa shape index (κ2) is 8.85. The Morgan fingerprint density at radius 3 is 2.92 bits per heavy atom. The molecule has 0 spiro atoms. The van der Waals surface area contributed by atoms with Gasteiger partial charge in [-0.3, -0.25) is 19.3 Å². The number of nitrogen functional groups attached to an aromatic ring is 1. The molecule has 0 aromatic carbocycles. The van der Waals surface area contributed by atoms with Crippen molar-refractivity contribution in [1.29, 1.82) is 0 Å². The molecule has 0 aliphatic carbocycles. The number of carbonyl (C=O) groups excluding carboxylic acids is 3. The first-order valence-electron chi connectivity index (χ1n) is 10.3. The second-order valence-electron chi connectivity index (χ2n) is 7.84. The van der Waals surface area contributed by atoms with Gasteiger partial charge in [0.2, 0.25) is 6.34 Å². The second-order valence-corrected chi connectivity index (χ2v) is 9.83. The fourth-order valence-corrected chi connectivity index (χ4v) is 6.00. The summed E-state index contributed by atoms with van der Waals surface area (Å²) in [5.74, 6) is -2.38. The number of fused-ring (bicyclic) bond motifs is 2. The zero-order chi connectivity index (χ0) is 25.6. The molecule has 1 aromatic rings. The largest absolute Gasteiger partial charge is 0.477 e. The third kappa shape index (κ3) is 3.82. The van der Waals surface area contributed by atoms with Gasteiger partial charge in [0, 0.05) is 28.9 Å². The zero-order valence-electron chi connectivity index (χ0n) is 18.4. The number of quaternary nitrogens is 1. The van der Waals surface area contributed by atoms with Gasteiger partial charge in [0.1, 0.15) is 36.5 Å². The number of carbonyl (C=O) groups is 4. The number of thiazole rings is 1. The van der Waals surface area contributed by atoms with Crippen LogP contribution in [-0.4, -0.2) is 92.0 Å². The number of anilines is 1.